The van der Waals surface area contributed by atoms with Crippen molar-refractivity contribution < 1.29 is 14.3 Å². The molecule has 1 aliphatic rings. The van der Waals surface area contributed by atoms with Crippen LogP contribution in [0.5, 0.6) is 0 Å². The highest BCUT2D eigenvalue weighted by atomic mass is 32.2. The molecule has 0 radical (unpaired) electrons. The minimum Gasteiger partial charge on any atom is -0.468 e. The van der Waals surface area contributed by atoms with E-state index in [1.54, 1.807) is 6.92 Å². The number of thioether (sulfide) groups is 1. The van der Waals surface area contributed by atoms with Crippen molar-refractivity contribution in [3.8, 4) is 0 Å². The highest BCUT2D eigenvalue weighted by molar-refractivity contribution is 8.01. The van der Waals surface area contributed by atoms with Gasteiger partial charge in [0.25, 0.3) is 0 Å². The fourth-order valence-corrected chi connectivity index (χ4v) is 4.08. The number of ether oxygens (including phenoxy) is 1. The number of nitrogens with one attached hydrogen (secondary N) is 1. The van der Waals surface area contributed by atoms with E-state index in [-0.39, 0.29) is 28.3 Å². The van der Waals surface area contributed by atoms with Crippen LogP contribution in [0.4, 0.5) is 0 Å². The lowest BCUT2D eigenvalue weighted by Gasteiger charge is -2.38. The predicted molar refractivity (Wildman–Crippen MR) is 98.2 cm³/mol. The number of carbonyl (C=O) groups is 2. The highest BCUT2D eigenvalue weighted by Crippen LogP contribution is 2.38. The van der Waals surface area contributed by atoms with E-state index in [2.05, 4.69) is 34.3 Å². The summed E-state index contributed by atoms with van der Waals surface area (Å²) >= 11 is 1.31. The normalized spacial score (nSPS) is 17.8. The van der Waals surface area contributed by atoms with Crippen molar-refractivity contribution in [3.05, 3.63) is 35.9 Å². The maximum absolute atomic E-state index is 12.2. The van der Waals surface area contributed by atoms with Gasteiger partial charge in [-0.1, -0.05) is 49.6 Å². The monoisotopic (exact) mass is 349 g/mol. The molecule has 0 bridgehead atoms. The van der Waals surface area contributed by atoms with E-state index in [0.717, 1.165) is 12.8 Å². The van der Waals surface area contributed by atoms with Crippen LogP contribution in [-0.2, 0) is 19.7 Å². The van der Waals surface area contributed by atoms with Gasteiger partial charge in [0.15, 0.2) is 0 Å². The van der Waals surface area contributed by atoms with Gasteiger partial charge in [-0.05, 0) is 25.3 Å². The Labute approximate surface area is 148 Å². The van der Waals surface area contributed by atoms with Crippen molar-refractivity contribution in [2.45, 2.75) is 49.7 Å². The Morgan fingerprint density at radius 1 is 1.21 bits per heavy atom. The van der Waals surface area contributed by atoms with Crippen LogP contribution in [0, 0.1) is 0 Å². The number of esters is 1. The summed E-state index contributed by atoms with van der Waals surface area (Å²) in [4.78, 5) is 23.6. The lowest BCUT2D eigenvalue weighted by atomic mass is 9.69. The van der Waals surface area contributed by atoms with Crippen molar-refractivity contribution in [3.63, 3.8) is 0 Å². The molecule has 1 N–H and O–H groups in total. The first kappa shape index (κ1) is 18.8. The second kappa shape index (κ2) is 9.11. The molecule has 1 unspecified atom stereocenters. The Balaban J connectivity index is 1.91. The Hall–Kier alpha value is -1.49. The van der Waals surface area contributed by atoms with Gasteiger partial charge in [0.05, 0.1) is 12.9 Å². The Morgan fingerprint density at radius 3 is 2.50 bits per heavy atom. The first-order chi connectivity index (χ1) is 11.6. The van der Waals surface area contributed by atoms with Crippen molar-refractivity contribution in [1.29, 1.82) is 0 Å². The van der Waals surface area contributed by atoms with Crippen molar-refractivity contribution in [2.24, 2.45) is 0 Å². The predicted octanol–water partition coefficient (Wildman–Crippen LogP) is 3.30. The molecule has 1 fully saturated rings. The minimum absolute atomic E-state index is 0.0170. The smallest absolute Gasteiger partial charge is 0.318 e. The van der Waals surface area contributed by atoms with Crippen LogP contribution in [-0.4, -0.2) is 36.5 Å². The van der Waals surface area contributed by atoms with Crippen molar-refractivity contribution in [2.75, 3.05) is 19.4 Å². The lowest BCUT2D eigenvalue weighted by Crippen LogP contribution is -2.43. The summed E-state index contributed by atoms with van der Waals surface area (Å²) in [6.07, 6.45) is 5.92. The molecule has 2 rings (SSSR count). The van der Waals surface area contributed by atoms with E-state index in [0.29, 0.717) is 6.54 Å². The van der Waals surface area contributed by atoms with Gasteiger partial charge >= 0.3 is 5.97 Å². The van der Waals surface area contributed by atoms with Crippen LogP contribution in [0.15, 0.2) is 30.3 Å². The van der Waals surface area contributed by atoms with E-state index in [1.165, 1.54) is 43.7 Å². The van der Waals surface area contributed by atoms with Gasteiger partial charge in [0.2, 0.25) is 5.91 Å². The maximum Gasteiger partial charge on any atom is 0.318 e. The van der Waals surface area contributed by atoms with E-state index in [9.17, 15) is 9.59 Å². The molecule has 0 aliphatic heterocycles. The zero-order chi connectivity index (χ0) is 17.4. The second-order valence-corrected chi connectivity index (χ2v) is 7.79. The number of amides is 1. The molecule has 5 heteroatoms. The number of hydrogen-bond donors (Lipinski definition) is 1. The van der Waals surface area contributed by atoms with E-state index >= 15 is 0 Å². The average molecular weight is 349 g/mol. The highest BCUT2D eigenvalue weighted by Gasteiger charge is 2.34. The SMILES string of the molecule is COC(=O)C(C)SCC(=O)NCC1(c2ccccc2)CCCCC1. The molecule has 1 aromatic rings. The molecule has 132 valence electrons. The summed E-state index contributed by atoms with van der Waals surface area (Å²) in [5, 5.41) is 2.77. The summed E-state index contributed by atoms with van der Waals surface area (Å²) in [6, 6.07) is 10.5. The molecular formula is C19H27NO3S. The van der Waals surface area contributed by atoms with E-state index < -0.39 is 0 Å². The number of benzene rings is 1. The lowest BCUT2D eigenvalue weighted by molar-refractivity contribution is -0.139. The van der Waals surface area contributed by atoms with Gasteiger partial charge < -0.3 is 10.1 Å². The summed E-state index contributed by atoms with van der Waals surface area (Å²) in [6.45, 7) is 2.43. The van der Waals surface area contributed by atoms with Crippen LogP contribution in [0.2, 0.25) is 0 Å². The third-order valence-electron chi connectivity index (χ3n) is 4.82. The van der Waals surface area contributed by atoms with Crippen molar-refractivity contribution in [1.82, 2.24) is 5.32 Å². The van der Waals surface area contributed by atoms with Crippen LogP contribution >= 0.6 is 11.8 Å². The van der Waals surface area contributed by atoms with Crippen LogP contribution in [0.25, 0.3) is 0 Å². The van der Waals surface area contributed by atoms with Gasteiger partial charge in [-0.15, -0.1) is 11.8 Å². The van der Waals surface area contributed by atoms with Crippen LogP contribution < -0.4 is 5.32 Å². The maximum atomic E-state index is 12.2. The molecular weight excluding hydrogens is 322 g/mol. The molecule has 4 nitrogen and oxygen atoms in total. The second-order valence-electron chi connectivity index (χ2n) is 6.46. The zero-order valence-corrected chi connectivity index (χ0v) is 15.4. The van der Waals surface area contributed by atoms with Gasteiger partial charge in [0, 0.05) is 12.0 Å². The third-order valence-corrected chi connectivity index (χ3v) is 5.94. The summed E-state index contributed by atoms with van der Waals surface area (Å²) in [7, 11) is 1.37. The minimum atomic E-state index is -0.321. The number of rotatable bonds is 7. The van der Waals surface area contributed by atoms with Gasteiger partial charge in [-0.3, -0.25) is 9.59 Å². The number of methoxy groups -OCH3 is 1. The largest absolute Gasteiger partial charge is 0.468 e. The molecule has 1 saturated carbocycles. The van der Waals surface area contributed by atoms with E-state index in [4.69, 9.17) is 0 Å². The Kier molecular flexibility index (Phi) is 7.16. The molecule has 0 spiro atoms. The number of carbonyl (C=O) groups excluding carboxylic acids is 2. The van der Waals surface area contributed by atoms with Gasteiger partial charge in [0.1, 0.15) is 5.25 Å². The first-order valence-electron chi connectivity index (χ1n) is 8.59. The fourth-order valence-electron chi connectivity index (χ4n) is 3.34. The molecule has 24 heavy (non-hydrogen) atoms. The number of hydrogen-bond acceptors (Lipinski definition) is 4. The summed E-state index contributed by atoms with van der Waals surface area (Å²) < 4.78 is 4.68. The first-order valence-corrected chi connectivity index (χ1v) is 9.64. The molecule has 1 atom stereocenters. The Bertz CT molecular complexity index is 541. The average Bonchev–Trinajstić information content (AvgIpc) is 2.65. The van der Waals surface area contributed by atoms with Crippen molar-refractivity contribution >= 4 is 23.6 Å². The van der Waals surface area contributed by atoms with E-state index in [1.807, 2.05) is 6.07 Å². The molecule has 1 aromatic carbocycles. The topological polar surface area (TPSA) is 55.4 Å². The molecule has 0 heterocycles. The molecule has 1 aliphatic carbocycles. The summed E-state index contributed by atoms with van der Waals surface area (Å²) in [5.41, 5.74) is 1.37. The fraction of sp³-hybridized carbons (Fsp3) is 0.579. The van der Waals surface area contributed by atoms with Gasteiger partial charge in [-0.25, -0.2) is 0 Å². The molecule has 0 aromatic heterocycles. The molecule has 1 amide bonds. The van der Waals surface area contributed by atoms with Crippen LogP contribution in [0.3, 0.4) is 0 Å². The standard InChI is InChI=1S/C19H27NO3S/c1-15(18(22)23-2)24-13-17(21)20-14-19(11-7-4-8-12-19)16-9-5-3-6-10-16/h3,5-6,9-10,15H,4,7-8,11-14H2,1-2H3,(H,20,21). The zero-order valence-electron chi connectivity index (χ0n) is 14.5. The Morgan fingerprint density at radius 2 is 1.88 bits per heavy atom. The molecule has 0 saturated heterocycles. The summed E-state index contributed by atoms with van der Waals surface area (Å²) in [5.74, 6) is -0.0290. The third kappa shape index (κ3) is 5.00. The quantitative estimate of drug-likeness (QED) is 0.768. The van der Waals surface area contributed by atoms with Crippen LogP contribution in [0.1, 0.15) is 44.6 Å². The van der Waals surface area contributed by atoms with Gasteiger partial charge in [-0.2, -0.15) is 0 Å².